The molecular weight excluding hydrogens is 266 g/mol. The van der Waals surface area contributed by atoms with Crippen molar-refractivity contribution in [1.82, 2.24) is 0 Å². The van der Waals surface area contributed by atoms with Gasteiger partial charge in [0, 0.05) is 17.2 Å². The van der Waals surface area contributed by atoms with Gasteiger partial charge in [-0.25, -0.2) is 4.57 Å². The molecular formula is C21H22N+. The average Bonchev–Trinajstić information content (AvgIpc) is 2.51. The van der Waals surface area contributed by atoms with Crippen LogP contribution in [-0.2, 0) is 7.05 Å². The zero-order chi connectivity index (χ0) is 15.7. The van der Waals surface area contributed by atoms with Crippen LogP contribution < -0.4 is 4.57 Å². The summed E-state index contributed by atoms with van der Waals surface area (Å²) in [5.74, 6) is 0. The Labute approximate surface area is 132 Å². The van der Waals surface area contributed by atoms with Crippen molar-refractivity contribution in [3.63, 3.8) is 0 Å². The third-order valence-corrected chi connectivity index (χ3v) is 4.23. The number of rotatable bonds is 2. The largest absolute Gasteiger partial charge is 0.213 e. The summed E-state index contributed by atoms with van der Waals surface area (Å²) in [6, 6.07) is 19.6. The first-order chi connectivity index (χ1) is 10.6. The lowest BCUT2D eigenvalue weighted by molar-refractivity contribution is -0.660. The van der Waals surface area contributed by atoms with Crippen molar-refractivity contribution in [2.24, 2.45) is 7.05 Å². The second-order valence-electron chi connectivity index (χ2n) is 6.05. The maximum absolute atomic E-state index is 2.31. The fraction of sp³-hybridized carbons (Fsp3) is 0.190. The molecule has 0 aliphatic carbocycles. The fourth-order valence-electron chi connectivity index (χ4n) is 2.99. The van der Waals surface area contributed by atoms with E-state index in [0.717, 1.165) is 0 Å². The van der Waals surface area contributed by atoms with Crippen LogP contribution in [0.25, 0.3) is 22.4 Å². The van der Waals surface area contributed by atoms with Gasteiger partial charge in [0.25, 0.3) is 0 Å². The van der Waals surface area contributed by atoms with Gasteiger partial charge in [-0.3, -0.25) is 0 Å². The van der Waals surface area contributed by atoms with E-state index >= 15 is 0 Å². The van der Waals surface area contributed by atoms with E-state index in [2.05, 4.69) is 93.2 Å². The second-order valence-corrected chi connectivity index (χ2v) is 6.05. The van der Waals surface area contributed by atoms with Gasteiger partial charge < -0.3 is 0 Å². The number of hydrogen-bond acceptors (Lipinski definition) is 0. The van der Waals surface area contributed by atoms with Crippen LogP contribution in [-0.4, -0.2) is 0 Å². The summed E-state index contributed by atoms with van der Waals surface area (Å²) in [7, 11) is 2.12. The normalized spacial score (nSPS) is 10.7. The van der Waals surface area contributed by atoms with Crippen LogP contribution in [0.2, 0.25) is 0 Å². The van der Waals surface area contributed by atoms with Crippen molar-refractivity contribution >= 4 is 0 Å². The molecule has 0 amide bonds. The number of hydrogen-bond donors (Lipinski definition) is 0. The molecule has 3 rings (SSSR count). The molecule has 1 aromatic heterocycles. The first-order valence-electron chi connectivity index (χ1n) is 7.69. The molecule has 0 N–H and O–H groups in total. The van der Waals surface area contributed by atoms with E-state index in [1.807, 2.05) is 0 Å². The van der Waals surface area contributed by atoms with E-state index in [1.165, 1.54) is 39.1 Å². The van der Waals surface area contributed by atoms with Crippen LogP contribution in [0.3, 0.4) is 0 Å². The highest BCUT2D eigenvalue weighted by atomic mass is 14.9. The average molecular weight is 288 g/mol. The minimum absolute atomic E-state index is 1.26. The van der Waals surface area contributed by atoms with Gasteiger partial charge in [0.1, 0.15) is 7.05 Å². The van der Waals surface area contributed by atoms with Crippen LogP contribution in [0, 0.1) is 20.8 Å². The summed E-state index contributed by atoms with van der Waals surface area (Å²) in [4.78, 5) is 0. The molecule has 1 nitrogen and oxygen atoms in total. The van der Waals surface area contributed by atoms with Crippen molar-refractivity contribution in [3.8, 4) is 22.4 Å². The minimum Gasteiger partial charge on any atom is -0.201 e. The zero-order valence-corrected chi connectivity index (χ0v) is 13.7. The van der Waals surface area contributed by atoms with E-state index in [4.69, 9.17) is 0 Å². The highest BCUT2D eigenvalue weighted by molar-refractivity contribution is 5.72. The van der Waals surface area contributed by atoms with Crippen LogP contribution in [0.5, 0.6) is 0 Å². The molecule has 1 heterocycles. The number of nitrogens with zero attached hydrogens (tertiary/aromatic N) is 1. The van der Waals surface area contributed by atoms with E-state index < -0.39 is 0 Å². The first-order valence-corrected chi connectivity index (χ1v) is 7.69. The Balaban J connectivity index is 2.23. The Morgan fingerprint density at radius 2 is 1.45 bits per heavy atom. The Bertz CT molecular complexity index is 817. The van der Waals surface area contributed by atoms with Crippen LogP contribution in [0.1, 0.15) is 16.7 Å². The van der Waals surface area contributed by atoms with Crippen molar-refractivity contribution < 1.29 is 4.57 Å². The number of aromatic nitrogens is 1. The molecule has 0 radical (unpaired) electrons. The first kappa shape index (κ1) is 14.5. The molecule has 0 aliphatic rings. The molecule has 0 spiro atoms. The highest BCUT2D eigenvalue weighted by Gasteiger charge is 2.16. The van der Waals surface area contributed by atoms with Gasteiger partial charge in [-0.05, 0) is 43.5 Å². The summed E-state index contributed by atoms with van der Waals surface area (Å²) in [5, 5.41) is 0. The quantitative estimate of drug-likeness (QED) is 0.598. The van der Waals surface area contributed by atoms with Gasteiger partial charge >= 0.3 is 0 Å². The molecule has 0 atom stereocenters. The molecule has 1 heteroatoms. The monoisotopic (exact) mass is 288 g/mol. The topological polar surface area (TPSA) is 3.88 Å². The summed E-state index contributed by atoms with van der Waals surface area (Å²) in [5.41, 5.74) is 9.03. The number of benzene rings is 2. The van der Waals surface area contributed by atoms with Gasteiger partial charge in [-0.15, -0.1) is 0 Å². The predicted molar refractivity (Wildman–Crippen MR) is 92.7 cm³/mol. The Kier molecular flexibility index (Phi) is 3.81. The number of pyridine rings is 1. The standard InChI is InChI=1S/C21H22N/c1-15-10-11-16(2)20(12-15)21-13-19(17(3)14-22(21)4)18-8-6-5-7-9-18/h5-14H,1-4H3/q+1. The van der Waals surface area contributed by atoms with E-state index in [-0.39, 0.29) is 0 Å². The lowest BCUT2D eigenvalue weighted by Gasteiger charge is -2.10. The molecule has 0 unspecified atom stereocenters. The van der Waals surface area contributed by atoms with Crippen LogP contribution >= 0.6 is 0 Å². The smallest absolute Gasteiger partial charge is 0.201 e. The van der Waals surface area contributed by atoms with E-state index in [9.17, 15) is 0 Å². The molecule has 0 saturated carbocycles. The summed E-state index contributed by atoms with van der Waals surface area (Å²) >= 11 is 0. The van der Waals surface area contributed by atoms with Crippen LogP contribution in [0.15, 0.2) is 60.8 Å². The molecule has 3 aromatic rings. The van der Waals surface area contributed by atoms with Crippen molar-refractivity contribution in [2.75, 3.05) is 0 Å². The zero-order valence-electron chi connectivity index (χ0n) is 13.7. The molecule has 0 fully saturated rings. The van der Waals surface area contributed by atoms with Gasteiger partial charge in [0.15, 0.2) is 6.20 Å². The number of aryl methyl sites for hydroxylation is 4. The van der Waals surface area contributed by atoms with Crippen LogP contribution in [0.4, 0.5) is 0 Å². The second kappa shape index (κ2) is 5.76. The predicted octanol–water partition coefficient (Wildman–Crippen LogP) is 4.77. The lowest BCUT2D eigenvalue weighted by Crippen LogP contribution is -2.31. The Morgan fingerprint density at radius 1 is 0.727 bits per heavy atom. The highest BCUT2D eigenvalue weighted by Crippen LogP contribution is 2.28. The van der Waals surface area contributed by atoms with E-state index in [0.29, 0.717) is 0 Å². The van der Waals surface area contributed by atoms with Gasteiger partial charge in [0.05, 0.1) is 0 Å². The molecule has 0 bridgehead atoms. The molecule has 0 saturated heterocycles. The lowest BCUT2D eigenvalue weighted by atomic mass is 9.96. The van der Waals surface area contributed by atoms with E-state index in [1.54, 1.807) is 0 Å². The third-order valence-electron chi connectivity index (χ3n) is 4.23. The fourth-order valence-corrected chi connectivity index (χ4v) is 2.99. The van der Waals surface area contributed by atoms with Crippen molar-refractivity contribution in [1.29, 1.82) is 0 Å². The molecule has 22 heavy (non-hydrogen) atoms. The Hall–Kier alpha value is -2.41. The van der Waals surface area contributed by atoms with Gasteiger partial charge in [0.2, 0.25) is 5.69 Å². The third kappa shape index (κ3) is 2.67. The maximum Gasteiger partial charge on any atom is 0.213 e. The molecule has 0 aliphatic heterocycles. The Morgan fingerprint density at radius 3 is 2.18 bits per heavy atom. The summed E-state index contributed by atoms with van der Waals surface area (Å²) in [6.45, 7) is 6.50. The van der Waals surface area contributed by atoms with Gasteiger partial charge in [-0.2, -0.15) is 0 Å². The van der Waals surface area contributed by atoms with Gasteiger partial charge in [-0.1, -0.05) is 48.0 Å². The summed E-state index contributed by atoms with van der Waals surface area (Å²) < 4.78 is 2.23. The SMILES string of the molecule is Cc1ccc(C)c(-c2cc(-c3ccccc3)c(C)c[n+]2C)c1. The van der Waals surface area contributed by atoms with Crippen molar-refractivity contribution in [2.45, 2.75) is 20.8 Å². The molecule has 110 valence electrons. The maximum atomic E-state index is 2.31. The molecule has 2 aromatic carbocycles. The summed E-state index contributed by atoms with van der Waals surface area (Å²) in [6.07, 6.45) is 2.22. The van der Waals surface area contributed by atoms with Crippen molar-refractivity contribution in [3.05, 3.63) is 77.5 Å². The minimum atomic E-state index is 1.26.